The number of halogens is 1. The molecule has 1 heterocycles. The predicted molar refractivity (Wildman–Crippen MR) is 76.1 cm³/mol. The molecule has 104 valence electrons. The fraction of sp³-hybridized carbons (Fsp3) is 0.0769. The van der Waals surface area contributed by atoms with Crippen LogP contribution in [-0.4, -0.2) is 19.3 Å². The summed E-state index contributed by atoms with van der Waals surface area (Å²) < 4.78 is 22.0. The maximum Gasteiger partial charge on any atom is 0.278 e. The topological polar surface area (TPSA) is 76.1 Å². The smallest absolute Gasteiger partial charge is 0.278 e. The molecule has 0 aliphatic carbocycles. The molecule has 20 heavy (non-hydrogen) atoms. The van der Waals surface area contributed by atoms with Crippen LogP contribution in [0, 0.1) is 0 Å². The average molecular weight is 311 g/mol. The largest absolute Gasteiger partial charge is 0.324 e. The van der Waals surface area contributed by atoms with E-state index in [2.05, 4.69) is 10.3 Å². The van der Waals surface area contributed by atoms with Gasteiger partial charge in [-0.3, -0.25) is 4.79 Å². The summed E-state index contributed by atoms with van der Waals surface area (Å²) in [6, 6.07) is 11.9. The number of pyridine rings is 1. The fourth-order valence-corrected chi connectivity index (χ4v) is 2.27. The highest BCUT2D eigenvalue weighted by molar-refractivity contribution is 8.13. The van der Waals surface area contributed by atoms with E-state index in [1.54, 1.807) is 0 Å². The molecule has 7 heteroatoms. The maximum absolute atomic E-state index is 11.8. The summed E-state index contributed by atoms with van der Waals surface area (Å²) in [6.45, 7) is 0. The number of nitrogens with one attached hydrogen (secondary N) is 1. The van der Waals surface area contributed by atoms with E-state index >= 15 is 0 Å². The van der Waals surface area contributed by atoms with Crippen LogP contribution < -0.4 is 5.32 Å². The van der Waals surface area contributed by atoms with Gasteiger partial charge in [0, 0.05) is 10.7 Å². The number of hydrogen-bond acceptors (Lipinski definition) is 4. The Morgan fingerprint density at radius 3 is 2.40 bits per heavy atom. The summed E-state index contributed by atoms with van der Waals surface area (Å²) >= 11 is 0. The van der Waals surface area contributed by atoms with E-state index in [1.807, 2.05) is 30.3 Å². The summed E-state index contributed by atoms with van der Waals surface area (Å²) in [4.78, 5) is 15.5. The summed E-state index contributed by atoms with van der Waals surface area (Å²) in [5.74, 6) is -0.209. The van der Waals surface area contributed by atoms with Gasteiger partial charge < -0.3 is 5.32 Å². The summed E-state index contributed by atoms with van der Waals surface area (Å²) in [7, 11) is 1.30. The molecule has 2 rings (SSSR count). The average Bonchev–Trinajstić information content (AvgIpc) is 2.39. The Bertz CT molecular complexity index is 700. The van der Waals surface area contributed by atoms with Gasteiger partial charge in [-0.25, -0.2) is 13.4 Å². The summed E-state index contributed by atoms with van der Waals surface area (Å²) in [5.41, 5.74) is 1.30. The Hall–Kier alpha value is -1.92. The molecule has 1 aromatic carbocycles. The van der Waals surface area contributed by atoms with E-state index in [9.17, 15) is 13.2 Å². The van der Waals surface area contributed by atoms with Crippen LogP contribution in [0.1, 0.15) is 5.56 Å². The molecule has 0 radical (unpaired) electrons. The quantitative estimate of drug-likeness (QED) is 0.878. The van der Waals surface area contributed by atoms with Crippen LogP contribution in [0.4, 0.5) is 5.69 Å². The van der Waals surface area contributed by atoms with Crippen molar-refractivity contribution in [2.75, 3.05) is 5.32 Å². The number of rotatable bonds is 4. The highest BCUT2D eigenvalue weighted by Crippen LogP contribution is 2.14. The van der Waals surface area contributed by atoms with Gasteiger partial charge in [0.25, 0.3) is 9.05 Å². The van der Waals surface area contributed by atoms with Gasteiger partial charge in [0.2, 0.25) is 5.91 Å². The number of carbonyl (C=O) groups is 1. The SMILES string of the molecule is O=C(Cc1ccccc1)Nc1ccc(S(=O)(=O)Cl)nc1. The third kappa shape index (κ3) is 4.04. The second-order valence-corrected chi connectivity index (χ2v) is 6.55. The molecule has 0 atom stereocenters. The van der Waals surface area contributed by atoms with Gasteiger partial charge >= 0.3 is 0 Å². The van der Waals surface area contributed by atoms with Crippen molar-refractivity contribution < 1.29 is 13.2 Å². The second kappa shape index (κ2) is 6.02. The minimum atomic E-state index is -3.85. The van der Waals surface area contributed by atoms with Crippen LogP contribution in [0.2, 0.25) is 0 Å². The van der Waals surface area contributed by atoms with Gasteiger partial charge in [-0.2, -0.15) is 0 Å². The van der Waals surface area contributed by atoms with Crippen molar-refractivity contribution in [1.82, 2.24) is 4.98 Å². The lowest BCUT2D eigenvalue weighted by molar-refractivity contribution is -0.115. The normalized spacial score (nSPS) is 11.1. The maximum atomic E-state index is 11.8. The van der Waals surface area contributed by atoms with E-state index in [-0.39, 0.29) is 17.4 Å². The molecule has 5 nitrogen and oxygen atoms in total. The van der Waals surface area contributed by atoms with E-state index in [1.165, 1.54) is 18.3 Å². The van der Waals surface area contributed by atoms with E-state index in [0.29, 0.717) is 5.69 Å². The van der Waals surface area contributed by atoms with E-state index < -0.39 is 9.05 Å². The van der Waals surface area contributed by atoms with Gasteiger partial charge in [0.1, 0.15) is 0 Å². The molecule has 0 aliphatic heterocycles. The number of carbonyl (C=O) groups excluding carboxylic acids is 1. The highest BCUT2D eigenvalue weighted by Gasteiger charge is 2.11. The molecule has 1 amide bonds. The summed E-state index contributed by atoms with van der Waals surface area (Å²) in [5, 5.41) is 2.38. The van der Waals surface area contributed by atoms with Crippen molar-refractivity contribution in [3.05, 3.63) is 54.2 Å². The minimum absolute atomic E-state index is 0.209. The molecule has 0 saturated heterocycles. The number of aromatic nitrogens is 1. The molecule has 0 unspecified atom stereocenters. The first kappa shape index (κ1) is 14.5. The minimum Gasteiger partial charge on any atom is -0.324 e. The van der Waals surface area contributed by atoms with Crippen molar-refractivity contribution in [1.29, 1.82) is 0 Å². The van der Waals surface area contributed by atoms with Crippen molar-refractivity contribution in [2.24, 2.45) is 0 Å². The molecule has 0 spiro atoms. The number of nitrogens with zero attached hydrogens (tertiary/aromatic N) is 1. The molecule has 2 aromatic rings. The molecular formula is C13H11ClN2O3S. The van der Waals surface area contributed by atoms with Crippen LogP contribution >= 0.6 is 10.7 Å². The van der Waals surface area contributed by atoms with Crippen LogP contribution in [0.5, 0.6) is 0 Å². The number of hydrogen-bond donors (Lipinski definition) is 1. The Labute approximate surface area is 121 Å². The third-order valence-corrected chi connectivity index (χ3v) is 3.69. The predicted octanol–water partition coefficient (Wildman–Crippen LogP) is 2.19. The lowest BCUT2D eigenvalue weighted by Gasteiger charge is -2.05. The van der Waals surface area contributed by atoms with Gasteiger partial charge in [0.15, 0.2) is 5.03 Å². The molecule has 1 N–H and O–H groups in total. The zero-order valence-corrected chi connectivity index (χ0v) is 11.9. The Morgan fingerprint density at radius 2 is 1.85 bits per heavy atom. The van der Waals surface area contributed by atoms with Crippen molar-refractivity contribution in [3.8, 4) is 0 Å². The first-order valence-electron chi connectivity index (χ1n) is 5.69. The second-order valence-electron chi connectivity index (χ2n) is 4.03. The zero-order valence-electron chi connectivity index (χ0n) is 10.3. The first-order chi connectivity index (χ1) is 9.45. The van der Waals surface area contributed by atoms with Gasteiger partial charge in [-0.05, 0) is 17.7 Å². The Kier molecular flexibility index (Phi) is 4.36. The lowest BCUT2D eigenvalue weighted by Crippen LogP contribution is -2.14. The molecule has 1 aromatic heterocycles. The van der Waals surface area contributed by atoms with Crippen LogP contribution in [0.3, 0.4) is 0 Å². The molecule has 0 fully saturated rings. The molecule has 0 bridgehead atoms. The van der Waals surface area contributed by atoms with Gasteiger partial charge in [-0.15, -0.1) is 0 Å². The Morgan fingerprint density at radius 1 is 1.15 bits per heavy atom. The van der Waals surface area contributed by atoms with Crippen LogP contribution in [-0.2, 0) is 20.3 Å². The van der Waals surface area contributed by atoms with Crippen LogP contribution in [0.25, 0.3) is 0 Å². The third-order valence-electron chi connectivity index (χ3n) is 2.48. The number of benzene rings is 1. The monoisotopic (exact) mass is 310 g/mol. The van der Waals surface area contributed by atoms with Crippen molar-refractivity contribution >= 4 is 31.3 Å². The zero-order chi connectivity index (χ0) is 14.6. The fourth-order valence-electron chi connectivity index (χ4n) is 1.58. The Balaban J connectivity index is 2.02. The standard InChI is InChI=1S/C13H11ClN2O3S/c14-20(18,19)13-7-6-11(9-15-13)16-12(17)8-10-4-2-1-3-5-10/h1-7,9H,8H2,(H,16,17). The molecule has 0 saturated carbocycles. The molecular weight excluding hydrogens is 300 g/mol. The first-order valence-corrected chi connectivity index (χ1v) is 8.00. The van der Waals surface area contributed by atoms with Gasteiger partial charge in [-0.1, -0.05) is 30.3 Å². The van der Waals surface area contributed by atoms with Crippen LogP contribution in [0.15, 0.2) is 53.7 Å². The van der Waals surface area contributed by atoms with Gasteiger partial charge in [0.05, 0.1) is 18.3 Å². The van der Waals surface area contributed by atoms with Crippen molar-refractivity contribution in [2.45, 2.75) is 11.4 Å². The summed E-state index contributed by atoms with van der Waals surface area (Å²) in [6.07, 6.45) is 1.48. The lowest BCUT2D eigenvalue weighted by atomic mass is 10.1. The van der Waals surface area contributed by atoms with Crippen molar-refractivity contribution in [3.63, 3.8) is 0 Å². The number of amides is 1. The number of anilines is 1. The van der Waals surface area contributed by atoms with E-state index in [4.69, 9.17) is 10.7 Å². The molecule has 0 aliphatic rings. The van der Waals surface area contributed by atoms with E-state index in [0.717, 1.165) is 5.56 Å². The highest BCUT2D eigenvalue weighted by atomic mass is 35.7.